The number of aromatic nitrogens is 1. The number of nitrogens with one attached hydrogen (secondary N) is 1. The van der Waals surface area contributed by atoms with Gasteiger partial charge in [-0.15, -0.1) is 0 Å². The zero-order valence-corrected chi connectivity index (χ0v) is 13.0. The molecule has 0 unspecified atom stereocenters. The monoisotopic (exact) mass is 339 g/mol. The van der Waals surface area contributed by atoms with Crippen molar-refractivity contribution < 1.29 is 13.1 Å². The summed E-state index contributed by atoms with van der Waals surface area (Å²) in [4.78, 5) is 4.03. The molecule has 0 amide bonds. The second-order valence-corrected chi connectivity index (χ2v) is 5.55. The van der Waals surface area contributed by atoms with Gasteiger partial charge in [-0.3, -0.25) is 5.32 Å². The lowest BCUT2D eigenvalue weighted by Crippen LogP contribution is -2.22. The molecule has 22 heavy (non-hydrogen) atoms. The summed E-state index contributed by atoms with van der Waals surface area (Å²) < 4.78 is 21.4. The van der Waals surface area contributed by atoms with Gasteiger partial charge < -0.3 is 10.5 Å². The Hall–Kier alpha value is -1.99. The smallest absolute Gasteiger partial charge is 0.292 e. The molecule has 0 fully saturated rings. The van der Waals surface area contributed by atoms with Gasteiger partial charge in [-0.25, -0.2) is 9.37 Å². The van der Waals surface area contributed by atoms with Crippen LogP contribution in [-0.4, -0.2) is 27.9 Å². The molecule has 1 aliphatic rings. The molecule has 8 heteroatoms. The third-order valence-corrected chi connectivity index (χ3v) is 3.85. The van der Waals surface area contributed by atoms with Crippen molar-refractivity contribution in [3.8, 4) is 11.6 Å². The SMILES string of the molecule is Nc1cccnc1Oc1cc(C2=[N+](S)CCN2)c(F)cc1Cl. The van der Waals surface area contributed by atoms with Crippen molar-refractivity contribution in [3.05, 3.63) is 46.9 Å². The number of halogens is 2. The van der Waals surface area contributed by atoms with Crippen molar-refractivity contribution >= 4 is 35.9 Å². The van der Waals surface area contributed by atoms with E-state index in [1.807, 2.05) is 0 Å². The summed E-state index contributed by atoms with van der Waals surface area (Å²) >= 11 is 10.3. The lowest BCUT2D eigenvalue weighted by molar-refractivity contribution is -0.328. The van der Waals surface area contributed by atoms with Gasteiger partial charge in [0.15, 0.2) is 0 Å². The summed E-state index contributed by atoms with van der Waals surface area (Å²) in [7, 11) is 0. The van der Waals surface area contributed by atoms with E-state index in [1.165, 1.54) is 12.1 Å². The molecule has 114 valence electrons. The number of rotatable bonds is 3. The van der Waals surface area contributed by atoms with E-state index in [9.17, 15) is 4.39 Å². The quantitative estimate of drug-likeness (QED) is 0.594. The summed E-state index contributed by atoms with van der Waals surface area (Å²) in [5, 5.41) is 3.21. The Morgan fingerprint density at radius 3 is 2.95 bits per heavy atom. The molecule has 2 heterocycles. The van der Waals surface area contributed by atoms with Crippen molar-refractivity contribution in [2.75, 3.05) is 18.8 Å². The Balaban J connectivity index is 2.02. The van der Waals surface area contributed by atoms with Crippen LogP contribution in [0.5, 0.6) is 11.6 Å². The topological polar surface area (TPSA) is 63.2 Å². The molecule has 3 N–H and O–H groups in total. The fourth-order valence-electron chi connectivity index (χ4n) is 2.10. The minimum absolute atomic E-state index is 0.135. The first-order valence-corrected chi connectivity index (χ1v) is 7.29. The van der Waals surface area contributed by atoms with Crippen molar-refractivity contribution in [1.29, 1.82) is 0 Å². The number of hydrogen-bond acceptors (Lipinski definition) is 5. The van der Waals surface area contributed by atoms with Crippen molar-refractivity contribution in [3.63, 3.8) is 0 Å². The predicted octanol–water partition coefficient (Wildman–Crippen LogP) is 2.46. The number of nitrogens with zero attached hydrogens (tertiary/aromatic N) is 2. The molecule has 0 spiro atoms. The van der Waals surface area contributed by atoms with Crippen molar-refractivity contribution in [1.82, 2.24) is 10.3 Å². The maximum atomic E-state index is 14.2. The summed E-state index contributed by atoms with van der Waals surface area (Å²) in [6, 6.07) is 6.04. The Morgan fingerprint density at radius 2 is 2.27 bits per heavy atom. The van der Waals surface area contributed by atoms with Gasteiger partial charge in [-0.1, -0.05) is 11.6 Å². The highest BCUT2D eigenvalue weighted by Crippen LogP contribution is 2.33. The highest BCUT2D eigenvalue weighted by Gasteiger charge is 2.26. The van der Waals surface area contributed by atoms with Crippen LogP contribution in [0.15, 0.2) is 30.5 Å². The van der Waals surface area contributed by atoms with Gasteiger partial charge in [0.2, 0.25) is 5.88 Å². The summed E-state index contributed by atoms with van der Waals surface area (Å²) in [6.45, 7) is 1.36. The van der Waals surface area contributed by atoms with Crippen LogP contribution >= 0.6 is 24.4 Å². The molecule has 0 aliphatic carbocycles. The molecule has 1 aromatic heterocycles. The summed E-state index contributed by atoms with van der Waals surface area (Å²) in [6.07, 6.45) is 1.55. The standard InChI is InChI=1S/C14H12ClFN4OS/c15-9-7-10(16)8(13-18-4-5-20(13)22)6-12(9)21-14-11(17)2-1-3-19-14/h1-3,6-7,22H,4-5,17H2/p+1. The van der Waals surface area contributed by atoms with Gasteiger partial charge in [0.25, 0.3) is 5.84 Å². The Labute approximate surface area is 137 Å². The number of amidine groups is 1. The van der Waals surface area contributed by atoms with Crippen molar-refractivity contribution in [2.24, 2.45) is 0 Å². The number of ether oxygens (including phenoxy) is 1. The Morgan fingerprint density at radius 1 is 1.45 bits per heavy atom. The van der Waals surface area contributed by atoms with E-state index in [-0.39, 0.29) is 16.7 Å². The van der Waals surface area contributed by atoms with E-state index in [2.05, 4.69) is 23.1 Å². The maximum absolute atomic E-state index is 14.2. The van der Waals surface area contributed by atoms with Gasteiger partial charge in [0, 0.05) is 25.1 Å². The van der Waals surface area contributed by atoms with E-state index in [0.29, 0.717) is 30.2 Å². The van der Waals surface area contributed by atoms with Crippen LogP contribution in [0.3, 0.4) is 0 Å². The molecular weight excluding hydrogens is 327 g/mol. The molecule has 3 rings (SSSR count). The van der Waals surface area contributed by atoms with E-state index in [4.69, 9.17) is 22.1 Å². The molecule has 0 saturated carbocycles. The highest BCUT2D eigenvalue weighted by molar-refractivity contribution is 7.73. The molecule has 1 aliphatic heterocycles. The molecule has 0 bridgehead atoms. The second kappa shape index (κ2) is 6.02. The van der Waals surface area contributed by atoms with Gasteiger partial charge in [-0.05, 0) is 18.2 Å². The van der Waals surface area contributed by atoms with Gasteiger partial charge in [0.05, 0.1) is 10.7 Å². The molecule has 0 saturated heterocycles. The minimum atomic E-state index is -0.463. The van der Waals surface area contributed by atoms with E-state index < -0.39 is 5.82 Å². The van der Waals surface area contributed by atoms with Crippen molar-refractivity contribution in [2.45, 2.75) is 0 Å². The normalized spacial score (nSPS) is 14.1. The van der Waals surface area contributed by atoms with Crippen LogP contribution in [0.2, 0.25) is 5.02 Å². The third kappa shape index (κ3) is 2.82. The average molecular weight is 340 g/mol. The molecule has 0 radical (unpaired) electrons. The van der Waals surface area contributed by atoms with E-state index in [1.54, 1.807) is 22.3 Å². The van der Waals surface area contributed by atoms with Crippen LogP contribution < -0.4 is 15.8 Å². The minimum Gasteiger partial charge on any atom is -0.435 e. The van der Waals surface area contributed by atoms with Gasteiger partial charge in [-0.2, -0.15) is 3.98 Å². The van der Waals surface area contributed by atoms with Crippen LogP contribution in [0.4, 0.5) is 10.1 Å². The van der Waals surface area contributed by atoms with Gasteiger partial charge >= 0.3 is 0 Å². The molecule has 2 aromatic rings. The van der Waals surface area contributed by atoms with E-state index >= 15 is 0 Å². The summed E-state index contributed by atoms with van der Waals surface area (Å²) in [5.41, 5.74) is 6.48. The first-order chi connectivity index (χ1) is 10.6. The first kappa shape index (κ1) is 14.9. The largest absolute Gasteiger partial charge is 0.435 e. The van der Waals surface area contributed by atoms with Crippen LogP contribution in [0.25, 0.3) is 0 Å². The van der Waals surface area contributed by atoms with Crippen LogP contribution in [0, 0.1) is 5.82 Å². The number of thiol groups is 1. The highest BCUT2D eigenvalue weighted by atomic mass is 35.5. The van der Waals surface area contributed by atoms with E-state index in [0.717, 1.165) is 0 Å². The molecule has 0 atom stereocenters. The predicted molar refractivity (Wildman–Crippen MR) is 86.4 cm³/mol. The number of anilines is 1. The number of hydrogen-bond donors (Lipinski definition) is 3. The van der Waals surface area contributed by atoms with Crippen LogP contribution in [0.1, 0.15) is 5.56 Å². The number of nitrogen functional groups attached to an aromatic ring is 1. The fourth-order valence-corrected chi connectivity index (χ4v) is 2.57. The lowest BCUT2D eigenvalue weighted by Gasteiger charge is -2.10. The summed E-state index contributed by atoms with van der Waals surface area (Å²) in [5.74, 6) is 0.589. The zero-order valence-electron chi connectivity index (χ0n) is 11.4. The second-order valence-electron chi connectivity index (χ2n) is 4.66. The Bertz CT molecular complexity index is 769. The average Bonchev–Trinajstić information content (AvgIpc) is 2.90. The van der Waals surface area contributed by atoms with Crippen LogP contribution in [-0.2, 0) is 0 Å². The number of benzene rings is 1. The molecule has 1 aromatic carbocycles. The number of pyridine rings is 1. The molecule has 5 nitrogen and oxygen atoms in total. The first-order valence-electron chi connectivity index (χ1n) is 6.51. The maximum Gasteiger partial charge on any atom is 0.292 e. The van der Waals surface area contributed by atoms with Gasteiger partial charge in [0.1, 0.15) is 30.2 Å². The molecular formula is C14H13ClFN4OS+. The number of nitrogens with two attached hydrogens (primary N) is 1. The third-order valence-electron chi connectivity index (χ3n) is 3.16. The Kier molecular flexibility index (Phi) is 4.08. The zero-order chi connectivity index (χ0) is 15.7. The lowest BCUT2D eigenvalue weighted by atomic mass is 10.2. The fraction of sp³-hybridized carbons (Fsp3) is 0.143.